The van der Waals surface area contributed by atoms with E-state index in [4.69, 9.17) is 0 Å². The van der Waals surface area contributed by atoms with Crippen LogP contribution in [0.3, 0.4) is 0 Å². The summed E-state index contributed by atoms with van der Waals surface area (Å²) in [5.74, 6) is -0.429. The normalized spacial score (nSPS) is 10.1. The minimum atomic E-state index is -0.242. The van der Waals surface area contributed by atoms with Gasteiger partial charge in [-0.25, -0.2) is 0 Å². The van der Waals surface area contributed by atoms with E-state index >= 15 is 0 Å². The summed E-state index contributed by atoms with van der Waals surface area (Å²) in [6, 6.07) is 14.8. The molecule has 0 aliphatic carbocycles. The number of nitrogens with zero attached hydrogens (tertiary/aromatic N) is 1. The zero-order valence-corrected chi connectivity index (χ0v) is 14.1. The van der Waals surface area contributed by atoms with E-state index in [0.29, 0.717) is 11.4 Å². The fraction of sp³-hybridized carbons (Fsp3) is 0.176. The van der Waals surface area contributed by atoms with Gasteiger partial charge in [0, 0.05) is 17.1 Å². The van der Waals surface area contributed by atoms with Gasteiger partial charge in [-0.15, -0.1) is 0 Å². The fourth-order valence-electron chi connectivity index (χ4n) is 2.06. The molecule has 22 heavy (non-hydrogen) atoms. The maximum Gasteiger partial charge on any atom is 0.244 e. The molecular weight excluding hydrogens is 344 g/mol. The molecule has 2 rings (SSSR count). The van der Waals surface area contributed by atoms with Gasteiger partial charge in [-0.05, 0) is 52.7 Å². The Kier molecular flexibility index (Phi) is 5.33. The zero-order chi connectivity index (χ0) is 16.1. The number of amides is 2. The van der Waals surface area contributed by atoms with Crippen molar-refractivity contribution in [2.24, 2.45) is 0 Å². The summed E-state index contributed by atoms with van der Waals surface area (Å²) in [7, 11) is 0. The smallest absolute Gasteiger partial charge is 0.244 e. The number of carbonyl (C=O) groups is 2. The van der Waals surface area contributed by atoms with Gasteiger partial charge in [0.25, 0.3) is 0 Å². The van der Waals surface area contributed by atoms with Crippen molar-refractivity contribution in [3.05, 3.63) is 58.6 Å². The second kappa shape index (κ2) is 7.22. The molecule has 0 bridgehead atoms. The lowest BCUT2D eigenvalue weighted by molar-refractivity contribution is -0.120. The highest BCUT2D eigenvalue weighted by molar-refractivity contribution is 9.10. The highest BCUT2D eigenvalue weighted by Gasteiger charge is 2.18. The number of nitrogens with one attached hydrogen (secondary N) is 1. The maximum atomic E-state index is 12.2. The van der Waals surface area contributed by atoms with Gasteiger partial charge in [-0.1, -0.05) is 24.3 Å². The van der Waals surface area contributed by atoms with Crippen LogP contribution < -0.4 is 10.2 Å². The molecule has 0 unspecified atom stereocenters. The number of carbonyl (C=O) groups excluding carboxylic acids is 2. The molecule has 0 spiro atoms. The van der Waals surface area contributed by atoms with E-state index in [1.165, 1.54) is 11.8 Å². The Morgan fingerprint density at radius 1 is 1.14 bits per heavy atom. The molecule has 0 radical (unpaired) electrons. The second-order valence-corrected chi connectivity index (χ2v) is 5.83. The molecule has 0 aliphatic rings. The lowest BCUT2D eigenvalue weighted by Gasteiger charge is -2.22. The molecule has 114 valence electrons. The van der Waals surface area contributed by atoms with Crippen LogP contribution in [0.15, 0.2) is 53.0 Å². The van der Waals surface area contributed by atoms with Gasteiger partial charge in [-0.3, -0.25) is 9.59 Å². The van der Waals surface area contributed by atoms with Crippen LogP contribution in [0.25, 0.3) is 0 Å². The van der Waals surface area contributed by atoms with Crippen molar-refractivity contribution in [2.75, 3.05) is 16.8 Å². The minimum absolute atomic E-state index is 0.0358. The zero-order valence-electron chi connectivity index (χ0n) is 12.5. The second-order valence-electron chi connectivity index (χ2n) is 4.97. The third-order valence-corrected chi connectivity index (χ3v) is 3.77. The van der Waals surface area contributed by atoms with Gasteiger partial charge in [0.1, 0.15) is 6.54 Å². The van der Waals surface area contributed by atoms with E-state index < -0.39 is 0 Å². The number of para-hydroxylation sites is 1. The standard InChI is InChI=1S/C17H17BrN2O2/c1-12-8-9-16(15(18)10-12)20(13(2)21)11-17(22)19-14-6-4-3-5-7-14/h3-10H,11H2,1-2H3,(H,19,22). The number of benzene rings is 2. The highest BCUT2D eigenvalue weighted by atomic mass is 79.9. The Hall–Kier alpha value is -2.14. The molecule has 5 heteroatoms. The lowest BCUT2D eigenvalue weighted by atomic mass is 10.2. The number of halogens is 1. The SMILES string of the molecule is CC(=O)N(CC(=O)Nc1ccccc1)c1ccc(C)cc1Br. The van der Waals surface area contributed by atoms with E-state index in [1.54, 1.807) is 12.1 Å². The first-order valence-electron chi connectivity index (χ1n) is 6.86. The van der Waals surface area contributed by atoms with Crippen LogP contribution >= 0.6 is 15.9 Å². The van der Waals surface area contributed by atoms with Gasteiger partial charge in [0.15, 0.2) is 0 Å². The van der Waals surface area contributed by atoms with Crippen molar-refractivity contribution in [1.29, 1.82) is 0 Å². The molecule has 2 aromatic rings. The van der Waals surface area contributed by atoms with Crippen molar-refractivity contribution >= 4 is 39.1 Å². The molecule has 0 saturated carbocycles. The number of aryl methyl sites for hydroxylation is 1. The maximum absolute atomic E-state index is 12.2. The average Bonchev–Trinajstić information content (AvgIpc) is 2.46. The molecule has 0 aromatic heterocycles. The molecule has 2 amide bonds. The van der Waals surface area contributed by atoms with Gasteiger partial charge in [0.05, 0.1) is 5.69 Å². The summed E-state index contributed by atoms with van der Waals surface area (Å²) < 4.78 is 0.787. The topological polar surface area (TPSA) is 49.4 Å². The van der Waals surface area contributed by atoms with Gasteiger partial charge < -0.3 is 10.2 Å². The van der Waals surface area contributed by atoms with Crippen LogP contribution in [0.5, 0.6) is 0 Å². The van der Waals surface area contributed by atoms with Crippen LogP contribution in [0.4, 0.5) is 11.4 Å². The summed E-state index contributed by atoms with van der Waals surface area (Å²) in [6.45, 7) is 3.38. The monoisotopic (exact) mass is 360 g/mol. The Morgan fingerprint density at radius 2 is 1.82 bits per heavy atom. The van der Waals surface area contributed by atoms with Crippen LogP contribution in [0.2, 0.25) is 0 Å². The van der Waals surface area contributed by atoms with Gasteiger partial charge in [0.2, 0.25) is 11.8 Å². The molecular formula is C17H17BrN2O2. The Labute approximate surface area is 138 Å². The first kappa shape index (κ1) is 16.2. The Morgan fingerprint density at radius 3 is 2.41 bits per heavy atom. The third-order valence-electron chi connectivity index (χ3n) is 3.13. The largest absolute Gasteiger partial charge is 0.325 e. The number of anilines is 2. The Bertz CT molecular complexity index is 686. The number of hydrogen-bond donors (Lipinski definition) is 1. The minimum Gasteiger partial charge on any atom is -0.325 e. The van der Waals surface area contributed by atoms with Crippen LogP contribution in [-0.2, 0) is 9.59 Å². The predicted octanol–water partition coefficient (Wildman–Crippen LogP) is 3.75. The first-order valence-corrected chi connectivity index (χ1v) is 7.66. The van der Waals surface area contributed by atoms with Crippen LogP contribution in [0.1, 0.15) is 12.5 Å². The van der Waals surface area contributed by atoms with E-state index in [-0.39, 0.29) is 18.4 Å². The summed E-state index contributed by atoms with van der Waals surface area (Å²) >= 11 is 3.45. The Balaban J connectivity index is 2.15. The molecule has 4 nitrogen and oxygen atoms in total. The van der Waals surface area contributed by atoms with Crippen molar-refractivity contribution < 1.29 is 9.59 Å². The highest BCUT2D eigenvalue weighted by Crippen LogP contribution is 2.27. The lowest BCUT2D eigenvalue weighted by Crippen LogP contribution is -2.36. The quantitative estimate of drug-likeness (QED) is 0.902. The number of rotatable bonds is 4. The van der Waals surface area contributed by atoms with Crippen LogP contribution in [-0.4, -0.2) is 18.4 Å². The first-order chi connectivity index (χ1) is 10.5. The molecule has 0 aliphatic heterocycles. The molecule has 2 aromatic carbocycles. The number of hydrogen-bond acceptors (Lipinski definition) is 2. The van der Waals surface area contributed by atoms with E-state index in [9.17, 15) is 9.59 Å². The summed E-state index contributed by atoms with van der Waals surface area (Å²) in [6.07, 6.45) is 0. The average molecular weight is 361 g/mol. The van der Waals surface area contributed by atoms with Crippen molar-refractivity contribution in [1.82, 2.24) is 0 Å². The fourth-order valence-corrected chi connectivity index (χ4v) is 2.77. The predicted molar refractivity (Wildman–Crippen MR) is 92.0 cm³/mol. The third kappa shape index (κ3) is 4.18. The van der Waals surface area contributed by atoms with Crippen LogP contribution in [0, 0.1) is 6.92 Å². The van der Waals surface area contributed by atoms with Gasteiger partial charge >= 0.3 is 0 Å². The van der Waals surface area contributed by atoms with E-state index in [1.807, 2.05) is 43.3 Å². The van der Waals surface area contributed by atoms with Crippen molar-refractivity contribution in [2.45, 2.75) is 13.8 Å². The summed E-state index contributed by atoms with van der Waals surface area (Å²) in [4.78, 5) is 25.5. The molecule has 0 saturated heterocycles. The molecule has 0 atom stereocenters. The summed E-state index contributed by atoms with van der Waals surface area (Å²) in [5.41, 5.74) is 2.47. The van der Waals surface area contributed by atoms with Crippen molar-refractivity contribution in [3.63, 3.8) is 0 Å². The van der Waals surface area contributed by atoms with E-state index in [2.05, 4.69) is 21.2 Å². The molecule has 0 fully saturated rings. The van der Waals surface area contributed by atoms with Crippen molar-refractivity contribution in [3.8, 4) is 0 Å². The molecule has 0 heterocycles. The van der Waals surface area contributed by atoms with Gasteiger partial charge in [-0.2, -0.15) is 0 Å². The summed E-state index contributed by atoms with van der Waals surface area (Å²) in [5, 5.41) is 2.78. The molecule has 1 N–H and O–H groups in total. The van der Waals surface area contributed by atoms with E-state index in [0.717, 1.165) is 10.0 Å².